The molecule has 0 unspecified atom stereocenters. The Kier molecular flexibility index (Phi) is 6.56. The quantitative estimate of drug-likeness (QED) is 0.814. The number of carbonyl (C=O) groups is 1. The first-order valence-corrected chi connectivity index (χ1v) is 7.59. The zero-order valence-corrected chi connectivity index (χ0v) is 13.0. The third-order valence-corrected chi connectivity index (χ3v) is 3.38. The Hall–Kier alpha value is -2.40. The highest BCUT2D eigenvalue weighted by atomic mass is 19.1. The second kappa shape index (κ2) is 8.90. The lowest BCUT2D eigenvalue weighted by atomic mass is 10.2. The average molecular weight is 316 g/mol. The van der Waals surface area contributed by atoms with E-state index in [2.05, 4.69) is 0 Å². The number of hydrogen-bond acceptors (Lipinski definition) is 3. The summed E-state index contributed by atoms with van der Waals surface area (Å²) in [6, 6.07) is 15.4. The molecule has 0 atom stereocenters. The Balaban J connectivity index is 1.94. The van der Waals surface area contributed by atoms with Gasteiger partial charge in [-0.25, -0.2) is 4.39 Å². The minimum absolute atomic E-state index is 0.0803. The molecular weight excluding hydrogens is 295 g/mol. The van der Waals surface area contributed by atoms with Crippen molar-refractivity contribution in [1.29, 1.82) is 0 Å². The van der Waals surface area contributed by atoms with E-state index in [1.807, 2.05) is 30.3 Å². The van der Waals surface area contributed by atoms with Crippen LogP contribution in [0.25, 0.3) is 0 Å². The van der Waals surface area contributed by atoms with Crippen LogP contribution in [0, 0.1) is 5.82 Å². The summed E-state index contributed by atoms with van der Waals surface area (Å²) in [4.78, 5) is 14.1. The molecule has 0 radical (unpaired) electrons. The maximum Gasteiger partial charge on any atom is 0.260 e. The third-order valence-electron chi connectivity index (χ3n) is 3.38. The second-order valence-electron chi connectivity index (χ2n) is 5.19. The van der Waals surface area contributed by atoms with Crippen molar-refractivity contribution in [1.82, 2.24) is 4.90 Å². The van der Waals surface area contributed by atoms with E-state index >= 15 is 0 Å². The SMILES string of the molecule is NCCCN(Cc1ccccc1)C(=O)COc1ccc(F)cc1. The molecule has 0 aliphatic heterocycles. The normalized spacial score (nSPS) is 10.3. The monoisotopic (exact) mass is 316 g/mol. The van der Waals surface area contributed by atoms with Gasteiger partial charge >= 0.3 is 0 Å². The lowest BCUT2D eigenvalue weighted by molar-refractivity contribution is -0.134. The Labute approximate surface area is 135 Å². The number of nitrogens with two attached hydrogens (primary N) is 1. The lowest BCUT2D eigenvalue weighted by Gasteiger charge is -2.22. The van der Waals surface area contributed by atoms with Crippen LogP contribution in [0.15, 0.2) is 54.6 Å². The molecular formula is C18H21FN2O2. The first-order valence-electron chi connectivity index (χ1n) is 7.59. The van der Waals surface area contributed by atoms with Crippen molar-refractivity contribution in [2.75, 3.05) is 19.7 Å². The van der Waals surface area contributed by atoms with Crippen LogP contribution in [0.3, 0.4) is 0 Å². The van der Waals surface area contributed by atoms with E-state index in [1.165, 1.54) is 24.3 Å². The fourth-order valence-corrected chi connectivity index (χ4v) is 2.15. The van der Waals surface area contributed by atoms with Gasteiger partial charge in [0.2, 0.25) is 0 Å². The van der Waals surface area contributed by atoms with Crippen molar-refractivity contribution in [3.8, 4) is 5.75 Å². The van der Waals surface area contributed by atoms with Crippen LogP contribution in [-0.2, 0) is 11.3 Å². The van der Waals surface area contributed by atoms with Gasteiger partial charge in [0.15, 0.2) is 6.61 Å². The summed E-state index contributed by atoms with van der Waals surface area (Å²) < 4.78 is 18.3. The fourth-order valence-electron chi connectivity index (χ4n) is 2.15. The van der Waals surface area contributed by atoms with E-state index in [4.69, 9.17) is 10.5 Å². The molecule has 0 bridgehead atoms. The molecule has 2 N–H and O–H groups in total. The minimum Gasteiger partial charge on any atom is -0.484 e. The molecule has 5 heteroatoms. The van der Waals surface area contributed by atoms with E-state index in [1.54, 1.807) is 4.90 Å². The molecule has 0 aliphatic rings. The molecule has 0 saturated heterocycles. The number of hydrogen-bond donors (Lipinski definition) is 1. The van der Waals surface area contributed by atoms with Gasteiger partial charge in [-0.1, -0.05) is 30.3 Å². The van der Waals surface area contributed by atoms with Gasteiger partial charge in [0.25, 0.3) is 5.91 Å². The van der Waals surface area contributed by atoms with Crippen LogP contribution < -0.4 is 10.5 Å². The molecule has 2 aromatic carbocycles. The molecule has 0 aliphatic carbocycles. The number of carbonyl (C=O) groups excluding carboxylic acids is 1. The highest BCUT2D eigenvalue weighted by molar-refractivity contribution is 5.77. The fraction of sp³-hybridized carbons (Fsp3) is 0.278. The zero-order chi connectivity index (χ0) is 16.5. The summed E-state index contributed by atoms with van der Waals surface area (Å²) in [6.45, 7) is 1.55. The Morgan fingerprint density at radius 1 is 1.09 bits per heavy atom. The summed E-state index contributed by atoms with van der Waals surface area (Å²) in [6.07, 6.45) is 0.731. The van der Waals surface area contributed by atoms with Crippen molar-refractivity contribution in [2.45, 2.75) is 13.0 Å². The predicted octanol–water partition coefficient (Wildman–Crippen LogP) is 2.58. The molecule has 0 saturated carbocycles. The molecule has 2 aromatic rings. The van der Waals surface area contributed by atoms with E-state index in [0.717, 1.165) is 12.0 Å². The van der Waals surface area contributed by atoms with Gasteiger partial charge in [-0.05, 0) is 42.8 Å². The van der Waals surface area contributed by atoms with Crippen LogP contribution in [0.5, 0.6) is 5.75 Å². The molecule has 0 fully saturated rings. The summed E-state index contributed by atoms with van der Waals surface area (Å²) >= 11 is 0. The minimum atomic E-state index is -0.336. The van der Waals surface area contributed by atoms with Crippen LogP contribution in [-0.4, -0.2) is 30.5 Å². The molecule has 122 valence electrons. The highest BCUT2D eigenvalue weighted by Gasteiger charge is 2.14. The summed E-state index contributed by atoms with van der Waals surface area (Å²) in [5.74, 6) is 0.0159. The topological polar surface area (TPSA) is 55.6 Å². The van der Waals surface area contributed by atoms with Gasteiger partial charge in [-0.2, -0.15) is 0 Å². The van der Waals surface area contributed by atoms with Crippen LogP contribution >= 0.6 is 0 Å². The molecule has 23 heavy (non-hydrogen) atoms. The Morgan fingerprint density at radius 2 is 1.78 bits per heavy atom. The predicted molar refractivity (Wildman–Crippen MR) is 87.4 cm³/mol. The van der Waals surface area contributed by atoms with Gasteiger partial charge in [0.05, 0.1) is 0 Å². The van der Waals surface area contributed by atoms with Gasteiger partial charge < -0.3 is 15.4 Å². The van der Waals surface area contributed by atoms with Gasteiger partial charge in [-0.15, -0.1) is 0 Å². The standard InChI is InChI=1S/C18H21FN2O2/c19-16-7-9-17(10-8-16)23-14-18(22)21(12-4-11-20)13-15-5-2-1-3-6-15/h1-3,5-10H,4,11-14,20H2. The van der Waals surface area contributed by atoms with Crippen LogP contribution in [0.2, 0.25) is 0 Å². The smallest absolute Gasteiger partial charge is 0.260 e. The molecule has 1 amide bonds. The second-order valence-corrected chi connectivity index (χ2v) is 5.19. The molecule has 0 spiro atoms. The lowest BCUT2D eigenvalue weighted by Crippen LogP contribution is -2.36. The van der Waals surface area contributed by atoms with Gasteiger partial charge in [0, 0.05) is 13.1 Å². The summed E-state index contributed by atoms with van der Waals surface area (Å²) in [7, 11) is 0. The zero-order valence-electron chi connectivity index (χ0n) is 13.0. The summed E-state index contributed by atoms with van der Waals surface area (Å²) in [5.41, 5.74) is 6.60. The van der Waals surface area contributed by atoms with Crippen molar-refractivity contribution in [3.63, 3.8) is 0 Å². The molecule has 4 nitrogen and oxygen atoms in total. The van der Waals surface area contributed by atoms with Gasteiger partial charge in [-0.3, -0.25) is 4.79 Å². The first-order chi connectivity index (χ1) is 11.2. The third kappa shape index (κ3) is 5.71. The Morgan fingerprint density at radius 3 is 2.43 bits per heavy atom. The van der Waals surface area contributed by atoms with Crippen molar-refractivity contribution in [2.24, 2.45) is 5.73 Å². The van der Waals surface area contributed by atoms with Crippen molar-refractivity contribution in [3.05, 3.63) is 66.0 Å². The number of benzene rings is 2. The first kappa shape index (κ1) is 17.0. The maximum atomic E-state index is 12.9. The van der Waals surface area contributed by atoms with E-state index in [9.17, 15) is 9.18 Å². The van der Waals surface area contributed by atoms with Crippen LogP contribution in [0.4, 0.5) is 4.39 Å². The molecule has 0 heterocycles. The van der Waals surface area contributed by atoms with E-state index < -0.39 is 0 Å². The molecule has 2 rings (SSSR count). The average Bonchev–Trinajstić information content (AvgIpc) is 2.58. The number of amides is 1. The van der Waals surface area contributed by atoms with Crippen LogP contribution in [0.1, 0.15) is 12.0 Å². The van der Waals surface area contributed by atoms with Crippen molar-refractivity contribution >= 4 is 5.91 Å². The van der Waals surface area contributed by atoms with Gasteiger partial charge in [0.1, 0.15) is 11.6 Å². The highest BCUT2D eigenvalue weighted by Crippen LogP contribution is 2.12. The number of nitrogens with zero attached hydrogens (tertiary/aromatic N) is 1. The number of rotatable bonds is 8. The van der Waals surface area contributed by atoms with Crippen molar-refractivity contribution < 1.29 is 13.9 Å². The van der Waals surface area contributed by atoms with E-state index in [0.29, 0.717) is 25.4 Å². The molecule has 0 aromatic heterocycles. The number of halogens is 1. The summed E-state index contributed by atoms with van der Waals surface area (Å²) in [5, 5.41) is 0. The number of ether oxygens (including phenoxy) is 1. The maximum absolute atomic E-state index is 12.9. The van der Waals surface area contributed by atoms with E-state index in [-0.39, 0.29) is 18.3 Å². The Bertz CT molecular complexity index is 602. The largest absolute Gasteiger partial charge is 0.484 e.